The first-order valence-corrected chi connectivity index (χ1v) is 6.06. The van der Waals surface area contributed by atoms with Gasteiger partial charge >= 0.3 is 6.03 Å². The Morgan fingerprint density at radius 2 is 1.47 bits per heavy atom. The first-order valence-electron chi connectivity index (χ1n) is 6.06. The van der Waals surface area contributed by atoms with Crippen molar-refractivity contribution in [3.05, 3.63) is 60.2 Å². The highest BCUT2D eigenvalue weighted by atomic mass is 16.3. The van der Waals surface area contributed by atoms with Gasteiger partial charge in [-0.1, -0.05) is 30.3 Å². The van der Waals surface area contributed by atoms with Crippen molar-refractivity contribution in [2.24, 2.45) is 0 Å². The normalized spacial score (nSPS) is 11.7. The topological polar surface area (TPSA) is 61.4 Å². The van der Waals surface area contributed by atoms with Gasteiger partial charge in [0.15, 0.2) is 0 Å². The molecule has 0 aliphatic carbocycles. The van der Waals surface area contributed by atoms with E-state index in [0.29, 0.717) is 5.69 Å². The fourth-order valence-corrected chi connectivity index (χ4v) is 1.66. The molecule has 0 aromatic heterocycles. The number of anilines is 2. The van der Waals surface area contributed by atoms with Gasteiger partial charge in [0.2, 0.25) is 0 Å². The molecule has 4 nitrogen and oxygen atoms in total. The molecule has 1 atom stereocenters. The molecular formula is C15H16N2O2. The number of carbonyl (C=O) groups is 1. The van der Waals surface area contributed by atoms with Crippen LogP contribution in [-0.4, -0.2) is 11.1 Å². The summed E-state index contributed by atoms with van der Waals surface area (Å²) in [5.74, 6) is 0. The quantitative estimate of drug-likeness (QED) is 0.788. The van der Waals surface area contributed by atoms with Gasteiger partial charge in [0.05, 0.1) is 6.10 Å². The average molecular weight is 256 g/mol. The lowest BCUT2D eigenvalue weighted by Crippen LogP contribution is -2.19. The van der Waals surface area contributed by atoms with Crippen LogP contribution in [0, 0.1) is 0 Å². The van der Waals surface area contributed by atoms with E-state index in [4.69, 9.17) is 0 Å². The molecular weight excluding hydrogens is 240 g/mol. The van der Waals surface area contributed by atoms with Crippen LogP contribution in [-0.2, 0) is 0 Å². The Balaban J connectivity index is 1.95. The van der Waals surface area contributed by atoms with Crippen LogP contribution in [0.1, 0.15) is 18.6 Å². The van der Waals surface area contributed by atoms with Gasteiger partial charge in [0.25, 0.3) is 0 Å². The van der Waals surface area contributed by atoms with E-state index in [9.17, 15) is 9.90 Å². The third-order valence-electron chi connectivity index (χ3n) is 2.68. The molecule has 2 aromatic carbocycles. The van der Waals surface area contributed by atoms with E-state index in [1.807, 2.05) is 30.3 Å². The zero-order valence-corrected chi connectivity index (χ0v) is 10.6. The van der Waals surface area contributed by atoms with Gasteiger partial charge in [-0.25, -0.2) is 4.79 Å². The molecule has 2 aromatic rings. The van der Waals surface area contributed by atoms with Crippen LogP contribution in [0.25, 0.3) is 0 Å². The zero-order valence-electron chi connectivity index (χ0n) is 10.6. The summed E-state index contributed by atoms with van der Waals surface area (Å²) >= 11 is 0. The van der Waals surface area contributed by atoms with Gasteiger partial charge in [0, 0.05) is 11.4 Å². The first-order chi connectivity index (χ1) is 9.15. The standard InChI is InChI=1S/C15H16N2O2/c1-11(18)12-7-9-14(10-8-12)17-15(19)16-13-5-3-2-4-6-13/h2-11,18H,1H3,(H2,16,17,19). The van der Waals surface area contributed by atoms with E-state index >= 15 is 0 Å². The number of nitrogens with one attached hydrogen (secondary N) is 2. The molecule has 0 bridgehead atoms. The Kier molecular flexibility index (Phi) is 4.15. The summed E-state index contributed by atoms with van der Waals surface area (Å²) in [4.78, 5) is 11.7. The number of aliphatic hydroxyl groups is 1. The first kappa shape index (κ1) is 13.1. The number of aliphatic hydroxyl groups excluding tert-OH is 1. The van der Waals surface area contributed by atoms with Crippen molar-refractivity contribution in [2.45, 2.75) is 13.0 Å². The van der Waals surface area contributed by atoms with Crippen molar-refractivity contribution in [3.63, 3.8) is 0 Å². The maximum atomic E-state index is 11.7. The van der Waals surface area contributed by atoms with Gasteiger partial charge < -0.3 is 15.7 Å². The van der Waals surface area contributed by atoms with E-state index in [1.165, 1.54) is 0 Å². The lowest BCUT2D eigenvalue weighted by Gasteiger charge is -2.09. The third kappa shape index (κ3) is 3.82. The Morgan fingerprint density at radius 1 is 0.947 bits per heavy atom. The Bertz CT molecular complexity index is 536. The lowest BCUT2D eigenvalue weighted by molar-refractivity contribution is 0.199. The predicted octanol–water partition coefficient (Wildman–Crippen LogP) is 3.38. The summed E-state index contributed by atoms with van der Waals surface area (Å²) in [6, 6.07) is 16.0. The summed E-state index contributed by atoms with van der Waals surface area (Å²) in [6.45, 7) is 1.70. The number of hydrogen-bond acceptors (Lipinski definition) is 2. The second-order valence-corrected chi connectivity index (χ2v) is 4.24. The van der Waals surface area contributed by atoms with E-state index in [0.717, 1.165) is 11.3 Å². The van der Waals surface area contributed by atoms with E-state index in [-0.39, 0.29) is 6.03 Å². The van der Waals surface area contributed by atoms with E-state index < -0.39 is 6.10 Å². The molecule has 3 N–H and O–H groups in total. The van der Waals surface area contributed by atoms with Crippen LogP contribution in [0.2, 0.25) is 0 Å². The number of urea groups is 1. The monoisotopic (exact) mass is 256 g/mol. The lowest BCUT2D eigenvalue weighted by atomic mass is 10.1. The molecule has 0 spiro atoms. The van der Waals surface area contributed by atoms with Crippen molar-refractivity contribution < 1.29 is 9.90 Å². The Morgan fingerprint density at radius 3 is 2.00 bits per heavy atom. The molecule has 0 aliphatic rings. The number of amides is 2. The van der Waals surface area contributed by atoms with Gasteiger partial charge in [-0.05, 0) is 36.8 Å². The van der Waals surface area contributed by atoms with E-state index in [1.54, 1.807) is 31.2 Å². The molecule has 0 saturated heterocycles. The molecule has 0 heterocycles. The smallest absolute Gasteiger partial charge is 0.323 e. The minimum Gasteiger partial charge on any atom is -0.389 e. The molecule has 0 saturated carbocycles. The summed E-state index contributed by atoms with van der Waals surface area (Å²) in [6.07, 6.45) is -0.507. The van der Waals surface area contributed by atoms with Crippen molar-refractivity contribution >= 4 is 17.4 Å². The fourth-order valence-electron chi connectivity index (χ4n) is 1.66. The van der Waals surface area contributed by atoms with Crippen molar-refractivity contribution in [1.29, 1.82) is 0 Å². The summed E-state index contributed by atoms with van der Waals surface area (Å²) < 4.78 is 0. The summed E-state index contributed by atoms with van der Waals surface area (Å²) in [7, 11) is 0. The minimum atomic E-state index is -0.507. The number of para-hydroxylation sites is 1. The number of carbonyl (C=O) groups excluding carboxylic acids is 1. The van der Waals surface area contributed by atoms with Gasteiger partial charge in [-0.3, -0.25) is 0 Å². The number of rotatable bonds is 3. The van der Waals surface area contributed by atoms with Crippen LogP contribution >= 0.6 is 0 Å². The molecule has 98 valence electrons. The second kappa shape index (κ2) is 6.02. The maximum absolute atomic E-state index is 11.7. The minimum absolute atomic E-state index is 0.295. The molecule has 19 heavy (non-hydrogen) atoms. The Labute approximate surface area is 112 Å². The van der Waals surface area contributed by atoms with Crippen molar-refractivity contribution in [2.75, 3.05) is 10.6 Å². The molecule has 0 fully saturated rings. The largest absolute Gasteiger partial charge is 0.389 e. The van der Waals surface area contributed by atoms with Crippen LogP contribution in [0.3, 0.4) is 0 Å². The maximum Gasteiger partial charge on any atom is 0.323 e. The highest BCUT2D eigenvalue weighted by Gasteiger charge is 2.03. The summed E-state index contributed by atoms with van der Waals surface area (Å²) in [5.41, 5.74) is 2.23. The van der Waals surface area contributed by atoms with Gasteiger partial charge in [-0.2, -0.15) is 0 Å². The Hall–Kier alpha value is -2.33. The number of benzene rings is 2. The van der Waals surface area contributed by atoms with Crippen LogP contribution in [0.15, 0.2) is 54.6 Å². The predicted molar refractivity (Wildman–Crippen MR) is 76.2 cm³/mol. The number of hydrogen-bond donors (Lipinski definition) is 3. The molecule has 2 rings (SSSR count). The molecule has 2 amide bonds. The van der Waals surface area contributed by atoms with Crippen LogP contribution in [0.4, 0.5) is 16.2 Å². The molecule has 1 unspecified atom stereocenters. The van der Waals surface area contributed by atoms with Gasteiger partial charge in [-0.15, -0.1) is 0 Å². The van der Waals surface area contributed by atoms with Crippen LogP contribution < -0.4 is 10.6 Å². The zero-order chi connectivity index (χ0) is 13.7. The average Bonchev–Trinajstić information content (AvgIpc) is 2.40. The van der Waals surface area contributed by atoms with Crippen LogP contribution in [0.5, 0.6) is 0 Å². The highest BCUT2D eigenvalue weighted by molar-refractivity contribution is 5.99. The molecule has 4 heteroatoms. The molecule has 0 radical (unpaired) electrons. The summed E-state index contributed by atoms with van der Waals surface area (Å²) in [5, 5.41) is 14.8. The van der Waals surface area contributed by atoms with E-state index in [2.05, 4.69) is 10.6 Å². The fraction of sp³-hybridized carbons (Fsp3) is 0.133. The molecule has 0 aliphatic heterocycles. The third-order valence-corrected chi connectivity index (χ3v) is 2.68. The second-order valence-electron chi connectivity index (χ2n) is 4.24. The van der Waals surface area contributed by atoms with Gasteiger partial charge in [0.1, 0.15) is 0 Å². The highest BCUT2D eigenvalue weighted by Crippen LogP contribution is 2.16. The van der Waals surface area contributed by atoms with Crippen molar-refractivity contribution in [3.8, 4) is 0 Å². The SMILES string of the molecule is CC(O)c1ccc(NC(=O)Nc2ccccc2)cc1. The van der Waals surface area contributed by atoms with Crippen molar-refractivity contribution in [1.82, 2.24) is 0 Å².